The smallest absolute Gasteiger partial charge is 0.252 e. The van der Waals surface area contributed by atoms with E-state index in [0.29, 0.717) is 55.2 Å². The van der Waals surface area contributed by atoms with Crippen LogP contribution in [-0.2, 0) is 20.7 Å². The molecule has 10 nitrogen and oxygen atoms in total. The van der Waals surface area contributed by atoms with E-state index in [9.17, 15) is 10.3 Å². The minimum absolute atomic E-state index is 0.0495. The first kappa shape index (κ1) is 32.0. The summed E-state index contributed by atoms with van der Waals surface area (Å²) < 4.78 is 18.7. The molecule has 0 fully saturated rings. The average molecular weight is 651 g/mol. The third kappa shape index (κ3) is 8.14. The molecule has 0 bridgehead atoms. The molecule has 3 aromatic carbocycles. The molecular formula is C32H36BrN5O5. The van der Waals surface area contributed by atoms with Crippen molar-refractivity contribution in [2.75, 3.05) is 26.4 Å². The fraction of sp³-hybridized carbons (Fsp3) is 0.375. The molecule has 3 aromatic rings. The van der Waals surface area contributed by atoms with E-state index in [2.05, 4.69) is 31.3 Å². The van der Waals surface area contributed by atoms with Crippen molar-refractivity contribution in [1.82, 2.24) is 5.32 Å². The Labute approximate surface area is 259 Å². The van der Waals surface area contributed by atoms with E-state index in [-0.39, 0.29) is 30.9 Å². The number of nitrogens with one attached hydrogen (secondary N) is 1. The summed E-state index contributed by atoms with van der Waals surface area (Å²) in [6, 6.07) is 22.0. The second-order valence-electron chi connectivity index (χ2n) is 10.3. The minimum atomic E-state index is -1.44. The first-order valence-electron chi connectivity index (χ1n) is 14.3. The number of aliphatic imine (C=N–C) groups is 1. The number of halogens is 1. The van der Waals surface area contributed by atoms with Gasteiger partial charge in [-0.25, -0.2) is 4.99 Å². The maximum atomic E-state index is 14.3. The van der Waals surface area contributed by atoms with Gasteiger partial charge in [0, 0.05) is 58.8 Å². The summed E-state index contributed by atoms with van der Waals surface area (Å²) in [4.78, 5) is 22.4. The predicted molar refractivity (Wildman–Crippen MR) is 169 cm³/mol. The van der Waals surface area contributed by atoms with Gasteiger partial charge in [-0.05, 0) is 61.7 Å². The lowest BCUT2D eigenvalue weighted by molar-refractivity contribution is -0.129. The number of ether oxygens (including phenoxy) is 3. The minimum Gasteiger partial charge on any atom is -0.494 e. The highest BCUT2D eigenvalue weighted by Crippen LogP contribution is 2.46. The van der Waals surface area contributed by atoms with Crippen molar-refractivity contribution in [3.05, 3.63) is 104 Å². The number of rotatable bonds is 15. The summed E-state index contributed by atoms with van der Waals surface area (Å²) >= 11 is 3.64. The fourth-order valence-corrected chi connectivity index (χ4v) is 5.21. The van der Waals surface area contributed by atoms with Gasteiger partial charge in [0.25, 0.3) is 5.91 Å². The van der Waals surface area contributed by atoms with Gasteiger partial charge in [-0.3, -0.25) is 4.79 Å². The highest BCUT2D eigenvalue weighted by atomic mass is 79.9. The summed E-state index contributed by atoms with van der Waals surface area (Å²) in [5.41, 5.74) is 10.3. The number of amides is 1. The molecule has 0 spiro atoms. The molecule has 226 valence electrons. The van der Waals surface area contributed by atoms with Crippen molar-refractivity contribution in [2.24, 2.45) is 10.1 Å². The summed E-state index contributed by atoms with van der Waals surface area (Å²) in [6.07, 6.45) is 0.568. The molecule has 2 N–H and O–H groups in total. The van der Waals surface area contributed by atoms with E-state index in [0.717, 1.165) is 10.0 Å². The third-order valence-corrected chi connectivity index (χ3v) is 7.65. The van der Waals surface area contributed by atoms with Gasteiger partial charge in [-0.1, -0.05) is 63.5 Å². The highest BCUT2D eigenvalue weighted by molar-refractivity contribution is 9.10. The first-order valence-corrected chi connectivity index (χ1v) is 15.0. The number of nitrogens with zero attached hydrogens (tertiary/aromatic N) is 4. The standard InChI is InChI=1S/C32H36BrN5O5/c1-22(2)41-19-7-17-35-31(40)32(21-24-9-3-5-11-27(24)33)29(26-10-4-6-12-28(26)37-38-34)43-30(36-32)23-13-15-25(16-14-23)42-20-8-18-39/h3-6,9-16,22,29,39H,7-8,17-21H2,1-2H3,(H,35,40)/t29-,32-/m1/s1. The second-order valence-corrected chi connectivity index (χ2v) is 11.2. The Morgan fingerprint density at radius 3 is 2.58 bits per heavy atom. The summed E-state index contributed by atoms with van der Waals surface area (Å²) in [5.74, 6) is 0.613. The molecule has 1 heterocycles. The van der Waals surface area contributed by atoms with Crippen molar-refractivity contribution in [1.29, 1.82) is 0 Å². The van der Waals surface area contributed by atoms with Crippen LogP contribution in [0.5, 0.6) is 5.75 Å². The lowest BCUT2D eigenvalue weighted by atomic mass is 9.81. The van der Waals surface area contributed by atoms with Crippen LogP contribution in [0.15, 0.2) is 87.4 Å². The average Bonchev–Trinajstić information content (AvgIpc) is 3.39. The Kier molecular flexibility index (Phi) is 11.6. The number of hydrogen-bond acceptors (Lipinski definition) is 7. The number of aliphatic hydroxyl groups excluding tert-OH is 1. The first-order chi connectivity index (χ1) is 20.9. The van der Waals surface area contributed by atoms with Gasteiger partial charge >= 0.3 is 0 Å². The molecule has 11 heteroatoms. The lowest BCUT2D eigenvalue weighted by Gasteiger charge is -2.31. The van der Waals surface area contributed by atoms with Crippen LogP contribution < -0.4 is 10.1 Å². The molecule has 43 heavy (non-hydrogen) atoms. The van der Waals surface area contributed by atoms with E-state index in [1.165, 1.54) is 0 Å². The number of aliphatic hydroxyl groups is 1. The number of carbonyl (C=O) groups is 1. The number of carbonyl (C=O) groups excluding carboxylic acids is 1. The van der Waals surface area contributed by atoms with Gasteiger partial charge in [-0.15, -0.1) is 0 Å². The Hall–Kier alpha value is -3.89. The van der Waals surface area contributed by atoms with E-state index in [1.807, 2.05) is 56.3 Å². The maximum Gasteiger partial charge on any atom is 0.252 e. The fourth-order valence-electron chi connectivity index (χ4n) is 4.79. The van der Waals surface area contributed by atoms with Crippen LogP contribution >= 0.6 is 15.9 Å². The molecule has 0 radical (unpaired) electrons. The third-order valence-electron chi connectivity index (χ3n) is 6.88. The van der Waals surface area contributed by atoms with Gasteiger partial charge in [0.1, 0.15) is 5.75 Å². The zero-order valence-electron chi connectivity index (χ0n) is 24.3. The Morgan fingerprint density at radius 2 is 1.86 bits per heavy atom. The summed E-state index contributed by atoms with van der Waals surface area (Å²) in [7, 11) is 0. The molecule has 1 aliphatic rings. The molecule has 2 atom stereocenters. The zero-order chi connectivity index (χ0) is 30.7. The van der Waals surface area contributed by atoms with Crippen LogP contribution in [0.4, 0.5) is 5.69 Å². The van der Waals surface area contributed by atoms with Crippen molar-refractivity contribution in [2.45, 2.75) is 50.9 Å². The van der Waals surface area contributed by atoms with Crippen LogP contribution in [0.25, 0.3) is 10.4 Å². The SMILES string of the molecule is CC(C)OCCCNC(=O)[C@]1(Cc2ccccc2Br)N=C(c2ccc(OCCCO)cc2)O[C@@H]1c1ccccc1N=[N+]=[N-]. The molecule has 0 aliphatic carbocycles. The number of hydrogen-bond donors (Lipinski definition) is 2. The molecule has 4 rings (SSSR count). The van der Waals surface area contributed by atoms with E-state index < -0.39 is 11.6 Å². The maximum absolute atomic E-state index is 14.3. The molecule has 1 amide bonds. The summed E-state index contributed by atoms with van der Waals surface area (Å²) in [6.45, 7) is 5.28. The quantitative estimate of drug-likeness (QED) is 0.0828. The van der Waals surface area contributed by atoms with Gasteiger partial charge in [0.15, 0.2) is 11.6 Å². The van der Waals surface area contributed by atoms with Crippen molar-refractivity contribution >= 4 is 33.4 Å². The molecule has 0 aromatic heterocycles. The Bertz CT molecular complexity index is 1460. The lowest BCUT2D eigenvalue weighted by Crippen LogP contribution is -2.50. The van der Waals surface area contributed by atoms with Crippen molar-refractivity contribution in [3.8, 4) is 5.75 Å². The molecular weight excluding hydrogens is 614 g/mol. The Morgan fingerprint density at radius 1 is 1.12 bits per heavy atom. The van der Waals surface area contributed by atoms with E-state index in [4.69, 9.17) is 24.3 Å². The number of benzene rings is 3. The topological polar surface area (TPSA) is 138 Å². The Balaban J connectivity index is 1.78. The predicted octanol–water partition coefficient (Wildman–Crippen LogP) is 6.58. The zero-order valence-corrected chi connectivity index (χ0v) is 25.9. The largest absolute Gasteiger partial charge is 0.494 e. The highest BCUT2D eigenvalue weighted by Gasteiger charge is 2.54. The monoisotopic (exact) mass is 649 g/mol. The van der Waals surface area contributed by atoms with E-state index >= 15 is 0 Å². The van der Waals surface area contributed by atoms with Crippen LogP contribution in [0.2, 0.25) is 0 Å². The van der Waals surface area contributed by atoms with Crippen LogP contribution in [0.1, 0.15) is 49.5 Å². The van der Waals surface area contributed by atoms with Crippen LogP contribution in [-0.4, -0.2) is 54.9 Å². The van der Waals surface area contributed by atoms with Crippen LogP contribution in [0, 0.1) is 0 Å². The number of azide groups is 1. The van der Waals surface area contributed by atoms with Gasteiger partial charge < -0.3 is 24.6 Å². The van der Waals surface area contributed by atoms with Crippen molar-refractivity contribution in [3.63, 3.8) is 0 Å². The van der Waals surface area contributed by atoms with Gasteiger partial charge in [0.05, 0.1) is 12.7 Å². The van der Waals surface area contributed by atoms with Gasteiger partial charge in [0.2, 0.25) is 5.90 Å². The normalized spacial score (nSPS) is 17.6. The van der Waals surface area contributed by atoms with Crippen LogP contribution in [0.3, 0.4) is 0 Å². The second kappa shape index (κ2) is 15.5. The molecule has 0 saturated carbocycles. The van der Waals surface area contributed by atoms with Crippen molar-refractivity contribution < 1.29 is 24.1 Å². The van der Waals surface area contributed by atoms with E-state index in [1.54, 1.807) is 30.3 Å². The molecule has 0 saturated heterocycles. The molecule has 0 unspecified atom stereocenters. The molecule has 1 aliphatic heterocycles. The van der Waals surface area contributed by atoms with Gasteiger partial charge in [-0.2, -0.15) is 0 Å². The summed E-state index contributed by atoms with van der Waals surface area (Å²) in [5, 5.41) is 16.0.